The molecule has 1 atom stereocenters. The number of aromatic nitrogens is 2. The summed E-state index contributed by atoms with van der Waals surface area (Å²) in [5, 5.41) is 14.6. The summed E-state index contributed by atoms with van der Waals surface area (Å²) in [5.74, 6) is 0.390. The molecular weight excluding hydrogens is 343 g/mol. The van der Waals surface area contributed by atoms with Crippen LogP contribution in [0.2, 0.25) is 0 Å². The van der Waals surface area contributed by atoms with Crippen molar-refractivity contribution in [3.63, 3.8) is 0 Å². The van der Waals surface area contributed by atoms with E-state index in [1.807, 2.05) is 11.7 Å². The van der Waals surface area contributed by atoms with Crippen LogP contribution in [0.5, 0.6) is 0 Å². The third-order valence-electron chi connectivity index (χ3n) is 4.98. The maximum Gasteiger partial charge on any atom is 0.123 e. The van der Waals surface area contributed by atoms with Crippen molar-refractivity contribution in [3.05, 3.63) is 58.2 Å². The van der Waals surface area contributed by atoms with E-state index in [0.717, 1.165) is 23.6 Å². The molecule has 3 rings (SSSR count). The Balaban J connectivity index is 1.94. The minimum Gasteiger partial charge on any atom is -0.398 e. The van der Waals surface area contributed by atoms with Crippen LogP contribution < -0.4 is 5.73 Å². The third-order valence-corrected chi connectivity index (χ3v) is 4.98. The van der Waals surface area contributed by atoms with Crippen molar-refractivity contribution in [2.45, 2.75) is 38.7 Å². The SMILES string of the molecule is CN=CC(Cc1cc(CC2CC2)n(C)n1)=C(N)c1ccc(F)cc1[C@@H](C)O. The molecule has 1 saturated carbocycles. The molecule has 5 nitrogen and oxygen atoms in total. The van der Waals surface area contributed by atoms with Crippen molar-refractivity contribution in [1.29, 1.82) is 0 Å². The molecule has 6 heteroatoms. The van der Waals surface area contributed by atoms with Gasteiger partial charge in [0.05, 0.1) is 11.8 Å². The molecule has 1 aliphatic rings. The summed E-state index contributed by atoms with van der Waals surface area (Å²) in [6, 6.07) is 6.40. The van der Waals surface area contributed by atoms with Gasteiger partial charge in [0.2, 0.25) is 0 Å². The van der Waals surface area contributed by atoms with Crippen LogP contribution in [0.1, 0.15) is 48.4 Å². The molecule has 0 saturated heterocycles. The van der Waals surface area contributed by atoms with E-state index in [1.54, 1.807) is 26.3 Å². The number of nitrogens with zero attached hydrogens (tertiary/aromatic N) is 3. The van der Waals surface area contributed by atoms with Gasteiger partial charge in [0.15, 0.2) is 0 Å². The second-order valence-corrected chi connectivity index (χ2v) is 7.31. The number of nitrogens with two attached hydrogens (primary N) is 1. The van der Waals surface area contributed by atoms with Crippen LogP contribution in [0, 0.1) is 11.7 Å². The maximum atomic E-state index is 13.6. The summed E-state index contributed by atoms with van der Waals surface area (Å²) in [5.41, 5.74) is 10.9. The fourth-order valence-corrected chi connectivity index (χ4v) is 3.33. The first kappa shape index (κ1) is 19.3. The second-order valence-electron chi connectivity index (χ2n) is 7.31. The number of allylic oxidation sites excluding steroid dienone is 1. The Morgan fingerprint density at radius 1 is 1.44 bits per heavy atom. The van der Waals surface area contributed by atoms with E-state index in [2.05, 4.69) is 16.2 Å². The van der Waals surface area contributed by atoms with Crippen molar-refractivity contribution >= 4 is 11.9 Å². The van der Waals surface area contributed by atoms with Crippen LogP contribution >= 0.6 is 0 Å². The van der Waals surface area contributed by atoms with E-state index in [0.29, 0.717) is 23.2 Å². The zero-order valence-electron chi connectivity index (χ0n) is 16.1. The van der Waals surface area contributed by atoms with Crippen molar-refractivity contribution in [2.24, 2.45) is 23.7 Å². The Bertz CT molecular complexity index is 878. The van der Waals surface area contributed by atoms with Crippen molar-refractivity contribution in [3.8, 4) is 0 Å². The third kappa shape index (κ3) is 4.63. The monoisotopic (exact) mass is 370 g/mol. The highest BCUT2D eigenvalue weighted by atomic mass is 19.1. The van der Waals surface area contributed by atoms with Crippen LogP contribution in [0.25, 0.3) is 5.70 Å². The van der Waals surface area contributed by atoms with Gasteiger partial charge >= 0.3 is 0 Å². The van der Waals surface area contributed by atoms with Gasteiger partial charge in [-0.25, -0.2) is 4.39 Å². The van der Waals surface area contributed by atoms with Crippen LogP contribution in [0.15, 0.2) is 34.8 Å². The minimum absolute atomic E-state index is 0.400. The Kier molecular flexibility index (Phi) is 5.75. The lowest BCUT2D eigenvalue weighted by molar-refractivity contribution is 0.198. The molecule has 144 valence electrons. The van der Waals surface area contributed by atoms with E-state index in [1.165, 1.54) is 30.7 Å². The molecule has 1 aromatic heterocycles. The summed E-state index contributed by atoms with van der Waals surface area (Å²) in [4.78, 5) is 4.12. The van der Waals surface area contributed by atoms with Gasteiger partial charge in [-0.3, -0.25) is 9.67 Å². The summed E-state index contributed by atoms with van der Waals surface area (Å²) in [6.07, 6.45) is 5.07. The maximum absolute atomic E-state index is 13.6. The van der Waals surface area contributed by atoms with E-state index in [-0.39, 0.29) is 0 Å². The van der Waals surface area contributed by atoms with E-state index < -0.39 is 11.9 Å². The van der Waals surface area contributed by atoms with E-state index >= 15 is 0 Å². The van der Waals surface area contributed by atoms with E-state index in [4.69, 9.17) is 5.73 Å². The van der Waals surface area contributed by atoms with Gasteiger partial charge in [-0.05, 0) is 67.5 Å². The molecule has 0 radical (unpaired) electrons. The molecule has 1 aromatic carbocycles. The minimum atomic E-state index is -0.825. The Morgan fingerprint density at radius 2 is 2.19 bits per heavy atom. The van der Waals surface area contributed by atoms with Crippen LogP contribution in [-0.4, -0.2) is 28.1 Å². The largest absolute Gasteiger partial charge is 0.398 e. The molecule has 2 aromatic rings. The van der Waals surface area contributed by atoms with Gasteiger partial charge in [-0.15, -0.1) is 0 Å². The normalized spacial score (nSPS) is 16.6. The van der Waals surface area contributed by atoms with Gasteiger partial charge in [-0.2, -0.15) is 5.10 Å². The predicted octanol–water partition coefficient (Wildman–Crippen LogP) is 3.18. The smallest absolute Gasteiger partial charge is 0.123 e. The molecule has 1 heterocycles. The van der Waals surface area contributed by atoms with Gasteiger partial charge in [-0.1, -0.05) is 0 Å². The van der Waals surface area contributed by atoms with Gasteiger partial charge in [0.1, 0.15) is 5.82 Å². The first-order chi connectivity index (χ1) is 12.9. The second kappa shape index (κ2) is 8.05. The first-order valence-corrected chi connectivity index (χ1v) is 9.29. The van der Waals surface area contributed by atoms with Crippen molar-refractivity contribution < 1.29 is 9.50 Å². The van der Waals surface area contributed by atoms with Crippen LogP contribution in [0.3, 0.4) is 0 Å². The van der Waals surface area contributed by atoms with Gasteiger partial charge in [0.25, 0.3) is 0 Å². The average molecular weight is 370 g/mol. The summed E-state index contributed by atoms with van der Waals surface area (Å²) in [7, 11) is 3.65. The average Bonchev–Trinajstić information content (AvgIpc) is 3.37. The lowest BCUT2D eigenvalue weighted by Gasteiger charge is -2.15. The standard InChI is InChI=1S/C21H27FN4O/c1-13(27)20-10-16(22)6-7-19(20)21(23)15(12-24-2)9-17-11-18(26(3)25-17)8-14-4-5-14/h6-7,10-14,27H,4-5,8-9,23H2,1-3H3/t13-/m1/s1. The number of aliphatic imine (C=N–C) groups is 1. The Labute approximate surface area is 159 Å². The number of hydrogen-bond donors (Lipinski definition) is 2. The molecule has 0 spiro atoms. The van der Waals surface area contributed by atoms with Crippen molar-refractivity contribution in [1.82, 2.24) is 9.78 Å². The molecular formula is C21H27FN4O. The van der Waals surface area contributed by atoms with Crippen LogP contribution in [0.4, 0.5) is 4.39 Å². The topological polar surface area (TPSA) is 76.4 Å². The highest BCUT2D eigenvalue weighted by Crippen LogP contribution is 2.33. The Hall–Kier alpha value is -2.47. The molecule has 3 N–H and O–H groups in total. The van der Waals surface area contributed by atoms with E-state index in [9.17, 15) is 9.50 Å². The number of hydrogen-bond acceptors (Lipinski definition) is 4. The molecule has 27 heavy (non-hydrogen) atoms. The molecule has 1 aliphatic carbocycles. The number of halogens is 1. The summed E-state index contributed by atoms with van der Waals surface area (Å²) in [6.45, 7) is 1.60. The number of aliphatic hydroxyl groups excluding tert-OH is 1. The van der Waals surface area contributed by atoms with Gasteiger partial charge < -0.3 is 10.8 Å². The fraction of sp³-hybridized carbons (Fsp3) is 0.429. The molecule has 0 aliphatic heterocycles. The number of rotatable bonds is 7. The van der Waals surface area contributed by atoms with Crippen molar-refractivity contribution in [2.75, 3.05) is 7.05 Å². The summed E-state index contributed by atoms with van der Waals surface area (Å²) < 4.78 is 15.6. The predicted molar refractivity (Wildman–Crippen MR) is 106 cm³/mol. The Morgan fingerprint density at radius 3 is 2.81 bits per heavy atom. The number of aryl methyl sites for hydroxylation is 1. The molecule has 1 fully saturated rings. The number of aliphatic hydroxyl groups is 1. The lowest BCUT2D eigenvalue weighted by Crippen LogP contribution is -2.10. The first-order valence-electron chi connectivity index (χ1n) is 9.29. The van der Waals surface area contributed by atoms with Gasteiger partial charge in [0, 0.05) is 43.7 Å². The quantitative estimate of drug-likeness (QED) is 0.735. The number of benzene rings is 1. The molecule has 0 amide bonds. The zero-order valence-corrected chi connectivity index (χ0v) is 16.1. The van der Waals surface area contributed by atoms with Crippen LogP contribution in [-0.2, 0) is 19.9 Å². The zero-order chi connectivity index (χ0) is 19.6. The molecule has 0 bridgehead atoms. The highest BCUT2D eigenvalue weighted by molar-refractivity contribution is 5.91. The lowest BCUT2D eigenvalue weighted by atomic mass is 9.96. The highest BCUT2D eigenvalue weighted by Gasteiger charge is 2.23. The molecule has 0 unspecified atom stereocenters. The summed E-state index contributed by atoms with van der Waals surface area (Å²) >= 11 is 0. The fourth-order valence-electron chi connectivity index (χ4n) is 3.33.